The summed E-state index contributed by atoms with van der Waals surface area (Å²) in [4.78, 5) is 18.9. The number of carbonyl (C=O) groups is 1. The first-order valence-corrected chi connectivity index (χ1v) is 5.28. The highest BCUT2D eigenvalue weighted by atomic mass is 16.5. The lowest BCUT2D eigenvalue weighted by Gasteiger charge is -2.04. The Hall–Kier alpha value is -2.47. The molecule has 0 aliphatic heterocycles. The van der Waals surface area contributed by atoms with Crippen molar-refractivity contribution in [3.05, 3.63) is 47.8 Å². The SMILES string of the molecule is NCc1cnc(Oc2ccc(C(N)=O)cc2)nc1. The van der Waals surface area contributed by atoms with Gasteiger partial charge in [0.2, 0.25) is 5.91 Å². The van der Waals surface area contributed by atoms with Gasteiger partial charge in [-0.3, -0.25) is 4.79 Å². The zero-order valence-corrected chi connectivity index (χ0v) is 9.54. The molecule has 0 saturated heterocycles. The minimum Gasteiger partial charge on any atom is -0.424 e. The lowest BCUT2D eigenvalue weighted by atomic mass is 10.2. The summed E-state index contributed by atoms with van der Waals surface area (Å²) in [6.45, 7) is 0.383. The van der Waals surface area contributed by atoms with Crippen molar-refractivity contribution in [1.82, 2.24) is 9.97 Å². The molecule has 0 bridgehead atoms. The molecule has 0 radical (unpaired) electrons. The maximum atomic E-state index is 10.9. The molecule has 0 fully saturated rings. The molecule has 18 heavy (non-hydrogen) atoms. The van der Waals surface area contributed by atoms with E-state index in [-0.39, 0.29) is 6.01 Å². The van der Waals surface area contributed by atoms with Crippen molar-refractivity contribution >= 4 is 5.91 Å². The van der Waals surface area contributed by atoms with Crippen molar-refractivity contribution in [1.29, 1.82) is 0 Å². The standard InChI is InChI=1S/C12H12N4O2/c13-5-8-6-15-12(16-7-8)18-10-3-1-9(2-4-10)11(14)17/h1-4,6-7H,5,13H2,(H2,14,17). The maximum absolute atomic E-state index is 10.9. The third-order valence-corrected chi connectivity index (χ3v) is 2.27. The normalized spacial score (nSPS) is 10.1. The van der Waals surface area contributed by atoms with Crippen molar-refractivity contribution in [3.8, 4) is 11.8 Å². The van der Waals surface area contributed by atoms with Gasteiger partial charge in [-0.15, -0.1) is 0 Å². The number of amides is 1. The Kier molecular flexibility index (Phi) is 3.49. The Balaban J connectivity index is 2.10. The molecule has 1 aromatic carbocycles. The number of primary amides is 1. The molecule has 0 unspecified atom stereocenters. The predicted molar refractivity (Wildman–Crippen MR) is 65.0 cm³/mol. The second-order valence-corrected chi connectivity index (χ2v) is 3.57. The van der Waals surface area contributed by atoms with Gasteiger partial charge in [0.15, 0.2) is 0 Å². The summed E-state index contributed by atoms with van der Waals surface area (Å²) >= 11 is 0. The molecule has 1 aromatic heterocycles. The largest absolute Gasteiger partial charge is 0.424 e. The van der Waals surface area contributed by atoms with E-state index in [1.165, 1.54) is 0 Å². The highest BCUT2D eigenvalue weighted by Crippen LogP contribution is 2.17. The Bertz CT molecular complexity index is 537. The van der Waals surface area contributed by atoms with E-state index >= 15 is 0 Å². The van der Waals surface area contributed by atoms with Crippen LogP contribution in [0.25, 0.3) is 0 Å². The summed E-state index contributed by atoms with van der Waals surface area (Å²) in [7, 11) is 0. The summed E-state index contributed by atoms with van der Waals surface area (Å²) in [5, 5.41) is 0. The molecule has 0 atom stereocenters. The molecule has 6 nitrogen and oxygen atoms in total. The number of hydrogen-bond acceptors (Lipinski definition) is 5. The van der Waals surface area contributed by atoms with Crippen LogP contribution in [0.1, 0.15) is 15.9 Å². The van der Waals surface area contributed by atoms with Gasteiger partial charge in [-0.25, -0.2) is 9.97 Å². The summed E-state index contributed by atoms with van der Waals surface area (Å²) in [6.07, 6.45) is 3.19. The number of benzene rings is 1. The van der Waals surface area contributed by atoms with Gasteiger partial charge in [-0.2, -0.15) is 0 Å². The van der Waals surface area contributed by atoms with Gasteiger partial charge in [-0.05, 0) is 24.3 Å². The van der Waals surface area contributed by atoms with Crippen LogP contribution in [0, 0.1) is 0 Å². The zero-order valence-electron chi connectivity index (χ0n) is 9.54. The number of aromatic nitrogens is 2. The molecule has 1 amide bonds. The van der Waals surface area contributed by atoms with Gasteiger partial charge >= 0.3 is 6.01 Å². The van der Waals surface area contributed by atoms with Crippen LogP contribution >= 0.6 is 0 Å². The molecular weight excluding hydrogens is 232 g/mol. The number of hydrogen-bond donors (Lipinski definition) is 2. The highest BCUT2D eigenvalue weighted by Gasteiger charge is 2.03. The number of nitrogens with two attached hydrogens (primary N) is 2. The summed E-state index contributed by atoms with van der Waals surface area (Å²) in [5.41, 5.74) is 11.8. The third-order valence-electron chi connectivity index (χ3n) is 2.27. The molecule has 0 saturated carbocycles. The number of ether oxygens (including phenoxy) is 1. The van der Waals surface area contributed by atoms with E-state index in [9.17, 15) is 4.79 Å². The second kappa shape index (κ2) is 5.24. The monoisotopic (exact) mass is 244 g/mol. The summed E-state index contributed by atoms with van der Waals surface area (Å²) in [6, 6.07) is 6.62. The van der Waals surface area contributed by atoms with Gasteiger partial charge in [0, 0.05) is 30.1 Å². The molecule has 2 rings (SSSR count). The van der Waals surface area contributed by atoms with Crippen LogP contribution < -0.4 is 16.2 Å². The van der Waals surface area contributed by atoms with Crippen LogP contribution in [-0.2, 0) is 6.54 Å². The van der Waals surface area contributed by atoms with Crippen LogP contribution in [0.3, 0.4) is 0 Å². The molecule has 4 N–H and O–H groups in total. The topological polar surface area (TPSA) is 104 Å². The van der Waals surface area contributed by atoms with Crippen LogP contribution in [0.15, 0.2) is 36.7 Å². The van der Waals surface area contributed by atoms with Gasteiger partial charge in [0.05, 0.1) is 0 Å². The molecule has 2 aromatic rings. The Morgan fingerprint density at radius 2 is 1.78 bits per heavy atom. The molecule has 6 heteroatoms. The highest BCUT2D eigenvalue weighted by molar-refractivity contribution is 5.92. The van der Waals surface area contributed by atoms with Gasteiger partial charge in [-0.1, -0.05) is 0 Å². The van der Waals surface area contributed by atoms with E-state index in [2.05, 4.69) is 9.97 Å². The quantitative estimate of drug-likeness (QED) is 0.828. The van der Waals surface area contributed by atoms with E-state index in [4.69, 9.17) is 16.2 Å². The summed E-state index contributed by atoms with van der Waals surface area (Å²) in [5.74, 6) is 0.0468. The molecule has 0 aliphatic rings. The Morgan fingerprint density at radius 1 is 1.17 bits per heavy atom. The van der Waals surface area contributed by atoms with Crippen molar-refractivity contribution in [3.63, 3.8) is 0 Å². The van der Waals surface area contributed by atoms with Crippen molar-refractivity contribution < 1.29 is 9.53 Å². The van der Waals surface area contributed by atoms with E-state index in [1.807, 2.05) is 0 Å². The average Bonchev–Trinajstić information content (AvgIpc) is 2.40. The smallest absolute Gasteiger partial charge is 0.321 e. The second-order valence-electron chi connectivity index (χ2n) is 3.57. The number of rotatable bonds is 4. The lowest BCUT2D eigenvalue weighted by Crippen LogP contribution is -2.10. The first kappa shape index (κ1) is 12.0. The first-order chi connectivity index (χ1) is 8.69. The van der Waals surface area contributed by atoms with Crippen LogP contribution in [0.5, 0.6) is 11.8 Å². The fourth-order valence-electron chi connectivity index (χ4n) is 1.29. The fourth-order valence-corrected chi connectivity index (χ4v) is 1.29. The minimum absolute atomic E-state index is 0.221. The van der Waals surface area contributed by atoms with Crippen LogP contribution in [0.4, 0.5) is 0 Å². The van der Waals surface area contributed by atoms with E-state index < -0.39 is 5.91 Å². The van der Waals surface area contributed by atoms with E-state index in [0.29, 0.717) is 17.9 Å². The third kappa shape index (κ3) is 2.80. The summed E-state index contributed by atoms with van der Waals surface area (Å²) < 4.78 is 5.40. The van der Waals surface area contributed by atoms with E-state index in [0.717, 1.165) is 5.56 Å². The molecular formula is C12H12N4O2. The minimum atomic E-state index is -0.481. The molecule has 0 aliphatic carbocycles. The zero-order chi connectivity index (χ0) is 13.0. The number of nitrogens with zero attached hydrogens (tertiary/aromatic N) is 2. The van der Waals surface area contributed by atoms with Crippen LogP contribution in [0.2, 0.25) is 0 Å². The molecule has 92 valence electrons. The lowest BCUT2D eigenvalue weighted by molar-refractivity contribution is 0.100. The fraction of sp³-hybridized carbons (Fsp3) is 0.0833. The van der Waals surface area contributed by atoms with Crippen molar-refractivity contribution in [2.45, 2.75) is 6.54 Å². The van der Waals surface area contributed by atoms with Crippen LogP contribution in [-0.4, -0.2) is 15.9 Å². The Labute approximate surface area is 104 Å². The van der Waals surface area contributed by atoms with Gasteiger partial charge in [0.1, 0.15) is 5.75 Å². The van der Waals surface area contributed by atoms with Crippen molar-refractivity contribution in [2.24, 2.45) is 11.5 Å². The van der Waals surface area contributed by atoms with Gasteiger partial charge < -0.3 is 16.2 Å². The average molecular weight is 244 g/mol. The Morgan fingerprint density at radius 3 is 2.28 bits per heavy atom. The maximum Gasteiger partial charge on any atom is 0.321 e. The molecule has 1 heterocycles. The van der Waals surface area contributed by atoms with E-state index in [1.54, 1.807) is 36.7 Å². The predicted octanol–water partition coefficient (Wildman–Crippen LogP) is 0.826. The molecule has 0 spiro atoms. The number of carbonyl (C=O) groups excluding carboxylic acids is 1. The van der Waals surface area contributed by atoms with Gasteiger partial charge in [0.25, 0.3) is 0 Å². The first-order valence-electron chi connectivity index (χ1n) is 5.28. The van der Waals surface area contributed by atoms with Crippen molar-refractivity contribution in [2.75, 3.05) is 0 Å².